The standard InChI is InChI=1S/C26H34N2O2/c1-4-24(26(30)27-23-10-5-6-11-23)28(18-22-9-7-8-20(3)16-22)25(29)17-21-14-12-19(2)13-15-21/h7-9,12-16,23-24H,4-6,10-11,17-18H2,1-3H3,(H,27,30)/t24-/m1/s1. The van der Waals surface area contributed by atoms with Crippen molar-refractivity contribution in [3.63, 3.8) is 0 Å². The van der Waals surface area contributed by atoms with Crippen LogP contribution >= 0.6 is 0 Å². The lowest BCUT2D eigenvalue weighted by molar-refractivity contribution is -0.141. The molecule has 4 heteroatoms. The molecule has 3 rings (SSSR count). The highest BCUT2D eigenvalue weighted by Gasteiger charge is 2.30. The van der Waals surface area contributed by atoms with Gasteiger partial charge in [-0.2, -0.15) is 0 Å². The van der Waals surface area contributed by atoms with Crippen molar-refractivity contribution in [2.24, 2.45) is 0 Å². The number of nitrogens with zero attached hydrogens (tertiary/aromatic N) is 1. The number of amides is 2. The van der Waals surface area contributed by atoms with E-state index in [2.05, 4.69) is 11.4 Å². The molecule has 160 valence electrons. The first-order valence-electron chi connectivity index (χ1n) is 11.2. The summed E-state index contributed by atoms with van der Waals surface area (Å²) in [5, 5.41) is 3.20. The van der Waals surface area contributed by atoms with Gasteiger partial charge in [-0.3, -0.25) is 9.59 Å². The average molecular weight is 407 g/mol. The third-order valence-corrected chi connectivity index (χ3v) is 6.00. The number of benzene rings is 2. The third-order valence-electron chi connectivity index (χ3n) is 6.00. The van der Waals surface area contributed by atoms with Crippen molar-refractivity contribution in [3.8, 4) is 0 Å². The maximum Gasteiger partial charge on any atom is 0.243 e. The van der Waals surface area contributed by atoms with Crippen LogP contribution in [0.25, 0.3) is 0 Å². The molecule has 1 N–H and O–H groups in total. The van der Waals surface area contributed by atoms with E-state index in [4.69, 9.17) is 0 Å². The third kappa shape index (κ3) is 5.94. The van der Waals surface area contributed by atoms with Gasteiger partial charge >= 0.3 is 0 Å². The van der Waals surface area contributed by atoms with Crippen molar-refractivity contribution >= 4 is 11.8 Å². The van der Waals surface area contributed by atoms with Gasteiger partial charge in [-0.25, -0.2) is 0 Å². The minimum Gasteiger partial charge on any atom is -0.352 e. The zero-order valence-corrected chi connectivity index (χ0v) is 18.5. The van der Waals surface area contributed by atoms with Crippen molar-refractivity contribution < 1.29 is 9.59 Å². The van der Waals surface area contributed by atoms with Gasteiger partial charge in [0.15, 0.2) is 0 Å². The molecule has 0 aromatic heterocycles. The van der Waals surface area contributed by atoms with Crippen LogP contribution in [-0.2, 0) is 22.6 Å². The molecule has 2 aromatic rings. The molecule has 2 amide bonds. The lowest BCUT2D eigenvalue weighted by atomic mass is 10.0. The summed E-state index contributed by atoms with van der Waals surface area (Å²) in [5.41, 5.74) is 4.36. The second kappa shape index (κ2) is 10.4. The molecule has 0 saturated heterocycles. The highest BCUT2D eigenvalue weighted by atomic mass is 16.2. The van der Waals surface area contributed by atoms with Crippen LogP contribution in [0.4, 0.5) is 0 Å². The Morgan fingerprint density at radius 2 is 1.70 bits per heavy atom. The molecule has 1 atom stereocenters. The summed E-state index contributed by atoms with van der Waals surface area (Å²) in [5.74, 6) is -0.0249. The van der Waals surface area contributed by atoms with Gasteiger partial charge in [0.1, 0.15) is 6.04 Å². The number of hydrogen-bond donors (Lipinski definition) is 1. The van der Waals surface area contributed by atoms with Crippen LogP contribution < -0.4 is 5.32 Å². The molecule has 1 saturated carbocycles. The van der Waals surface area contributed by atoms with Gasteiger partial charge in [-0.1, -0.05) is 79.4 Å². The molecule has 1 aliphatic carbocycles. The summed E-state index contributed by atoms with van der Waals surface area (Å²) in [6.45, 7) is 6.52. The van der Waals surface area contributed by atoms with Crippen molar-refractivity contribution in [2.75, 3.05) is 0 Å². The Labute approximate surface area is 180 Å². The monoisotopic (exact) mass is 406 g/mol. The molecule has 0 radical (unpaired) electrons. The van der Waals surface area contributed by atoms with Gasteiger partial charge in [0, 0.05) is 12.6 Å². The number of carbonyl (C=O) groups excluding carboxylic acids is 2. The van der Waals surface area contributed by atoms with Crippen molar-refractivity contribution in [2.45, 2.75) is 77.9 Å². The summed E-state index contributed by atoms with van der Waals surface area (Å²) in [4.78, 5) is 28.3. The Balaban J connectivity index is 1.81. The van der Waals surface area contributed by atoms with Gasteiger partial charge in [-0.15, -0.1) is 0 Å². The summed E-state index contributed by atoms with van der Waals surface area (Å²) in [6.07, 6.45) is 5.32. The van der Waals surface area contributed by atoms with Crippen LogP contribution in [0, 0.1) is 13.8 Å². The quantitative estimate of drug-likeness (QED) is 0.690. The summed E-state index contributed by atoms with van der Waals surface area (Å²) in [7, 11) is 0. The largest absolute Gasteiger partial charge is 0.352 e. The fraction of sp³-hybridized carbons (Fsp3) is 0.462. The highest BCUT2D eigenvalue weighted by molar-refractivity contribution is 5.88. The number of hydrogen-bond acceptors (Lipinski definition) is 2. The van der Waals surface area contributed by atoms with E-state index >= 15 is 0 Å². The molecule has 0 heterocycles. The van der Waals surface area contributed by atoms with E-state index in [9.17, 15) is 9.59 Å². The first-order valence-corrected chi connectivity index (χ1v) is 11.2. The Morgan fingerprint density at radius 3 is 2.33 bits per heavy atom. The normalized spacial score (nSPS) is 15.0. The molecular formula is C26H34N2O2. The van der Waals surface area contributed by atoms with Crippen molar-refractivity contribution in [1.82, 2.24) is 10.2 Å². The molecule has 0 unspecified atom stereocenters. The minimum absolute atomic E-state index is 0.00576. The van der Waals surface area contributed by atoms with E-state index in [1.54, 1.807) is 4.90 Å². The van der Waals surface area contributed by atoms with Gasteiger partial charge in [-0.05, 0) is 44.2 Å². The van der Waals surface area contributed by atoms with Crippen LogP contribution in [0.1, 0.15) is 61.3 Å². The molecule has 0 spiro atoms. The predicted octanol–water partition coefficient (Wildman–Crippen LogP) is 4.71. The molecule has 0 aliphatic heterocycles. The topological polar surface area (TPSA) is 49.4 Å². The molecule has 30 heavy (non-hydrogen) atoms. The smallest absolute Gasteiger partial charge is 0.243 e. The van der Waals surface area contributed by atoms with E-state index in [-0.39, 0.29) is 17.9 Å². The Kier molecular flexibility index (Phi) is 7.67. The molecule has 2 aromatic carbocycles. The molecule has 1 aliphatic rings. The van der Waals surface area contributed by atoms with Crippen LogP contribution in [0.5, 0.6) is 0 Å². The lowest BCUT2D eigenvalue weighted by Crippen LogP contribution is -2.51. The van der Waals surface area contributed by atoms with E-state index in [1.807, 2.05) is 63.2 Å². The van der Waals surface area contributed by atoms with Gasteiger partial charge < -0.3 is 10.2 Å². The maximum atomic E-state index is 13.4. The first kappa shape index (κ1) is 22.1. The Bertz CT molecular complexity index is 854. The SMILES string of the molecule is CC[C@H](C(=O)NC1CCCC1)N(Cc1cccc(C)c1)C(=O)Cc1ccc(C)cc1. The van der Waals surface area contributed by atoms with E-state index < -0.39 is 6.04 Å². The zero-order chi connectivity index (χ0) is 21.5. The lowest BCUT2D eigenvalue weighted by Gasteiger charge is -2.31. The van der Waals surface area contributed by atoms with E-state index in [0.717, 1.165) is 29.5 Å². The van der Waals surface area contributed by atoms with Crippen molar-refractivity contribution in [1.29, 1.82) is 0 Å². The van der Waals surface area contributed by atoms with Gasteiger partial charge in [0.05, 0.1) is 6.42 Å². The van der Waals surface area contributed by atoms with Crippen LogP contribution in [0.2, 0.25) is 0 Å². The highest BCUT2D eigenvalue weighted by Crippen LogP contribution is 2.20. The molecule has 1 fully saturated rings. The maximum absolute atomic E-state index is 13.4. The summed E-state index contributed by atoms with van der Waals surface area (Å²) >= 11 is 0. The predicted molar refractivity (Wildman–Crippen MR) is 121 cm³/mol. The number of rotatable bonds is 8. The summed E-state index contributed by atoms with van der Waals surface area (Å²) < 4.78 is 0. The molecule has 0 bridgehead atoms. The van der Waals surface area contributed by atoms with Crippen molar-refractivity contribution in [3.05, 3.63) is 70.8 Å². The number of nitrogens with one attached hydrogen (secondary N) is 1. The zero-order valence-electron chi connectivity index (χ0n) is 18.5. The average Bonchev–Trinajstić information content (AvgIpc) is 3.22. The first-order chi connectivity index (χ1) is 14.5. The fourth-order valence-corrected chi connectivity index (χ4v) is 4.28. The summed E-state index contributed by atoms with van der Waals surface area (Å²) in [6, 6.07) is 16.0. The van der Waals surface area contributed by atoms with Gasteiger partial charge in [0.25, 0.3) is 0 Å². The van der Waals surface area contributed by atoms with Crippen LogP contribution in [0.15, 0.2) is 48.5 Å². The molecular weight excluding hydrogens is 372 g/mol. The fourth-order valence-electron chi connectivity index (χ4n) is 4.28. The van der Waals surface area contributed by atoms with Crippen LogP contribution in [0.3, 0.4) is 0 Å². The number of aryl methyl sites for hydroxylation is 2. The molecule has 4 nitrogen and oxygen atoms in total. The minimum atomic E-state index is -0.455. The van der Waals surface area contributed by atoms with E-state index in [0.29, 0.717) is 19.4 Å². The Hall–Kier alpha value is -2.62. The van der Waals surface area contributed by atoms with Crippen LogP contribution in [-0.4, -0.2) is 28.8 Å². The number of carbonyl (C=O) groups is 2. The van der Waals surface area contributed by atoms with E-state index in [1.165, 1.54) is 18.4 Å². The second-order valence-electron chi connectivity index (χ2n) is 8.59. The second-order valence-corrected chi connectivity index (χ2v) is 8.59. The Morgan fingerprint density at radius 1 is 1.00 bits per heavy atom. The van der Waals surface area contributed by atoms with Gasteiger partial charge in [0.2, 0.25) is 11.8 Å².